The average Bonchev–Trinajstić information content (AvgIpc) is 2.61. The Balaban J connectivity index is 0. The van der Waals surface area contributed by atoms with Gasteiger partial charge in [0.25, 0.3) is 0 Å². The fourth-order valence-electron chi connectivity index (χ4n) is 2.15. The van der Waals surface area contributed by atoms with Crippen LogP contribution in [-0.2, 0) is 0 Å². The molecule has 2 aromatic rings. The summed E-state index contributed by atoms with van der Waals surface area (Å²) in [5.74, 6) is 0. The summed E-state index contributed by atoms with van der Waals surface area (Å²) in [6.07, 6.45) is 1.79. The average molecular weight is 340 g/mol. The lowest BCUT2D eigenvalue weighted by Gasteiger charge is -2.06. The van der Waals surface area contributed by atoms with Crippen LogP contribution in [0.25, 0.3) is 11.1 Å². The van der Waals surface area contributed by atoms with Crippen molar-refractivity contribution in [2.24, 2.45) is 0 Å². The summed E-state index contributed by atoms with van der Waals surface area (Å²) in [6, 6.07) is 10.3. The van der Waals surface area contributed by atoms with Crippen LogP contribution in [0.15, 0.2) is 49.7 Å². The van der Waals surface area contributed by atoms with Gasteiger partial charge in [0.1, 0.15) is 0 Å². The van der Waals surface area contributed by atoms with Gasteiger partial charge in [-0.25, -0.2) is 0 Å². The summed E-state index contributed by atoms with van der Waals surface area (Å²) in [5, 5.41) is 0. The quantitative estimate of drug-likeness (QED) is 0.543. The van der Waals surface area contributed by atoms with E-state index in [0.29, 0.717) is 0 Å². The first-order chi connectivity index (χ1) is 11.8. The third-order valence-corrected chi connectivity index (χ3v) is 3.48. The van der Waals surface area contributed by atoms with E-state index in [1.807, 2.05) is 60.6 Å². The van der Waals surface area contributed by atoms with E-state index in [9.17, 15) is 0 Å². The predicted octanol–water partition coefficient (Wildman–Crippen LogP) is 7.81. The molecule has 0 aliphatic rings. The minimum absolute atomic E-state index is 1.02. The van der Waals surface area contributed by atoms with Crippen molar-refractivity contribution in [3.63, 3.8) is 0 Å². The van der Waals surface area contributed by atoms with Gasteiger partial charge in [0.2, 0.25) is 0 Å². The number of nitrogens with zero attached hydrogens (tertiary/aromatic N) is 1. The summed E-state index contributed by atoms with van der Waals surface area (Å²) in [4.78, 5) is 4.18. The Kier molecular flexibility index (Phi) is 14.3. The van der Waals surface area contributed by atoms with E-state index in [4.69, 9.17) is 0 Å². The highest BCUT2D eigenvalue weighted by molar-refractivity contribution is 5.65. The fraction of sp³-hybridized carbons (Fsp3) is 0.375. The lowest BCUT2D eigenvalue weighted by Crippen LogP contribution is -1.87. The molecule has 1 aromatic heterocycles. The van der Waals surface area contributed by atoms with Gasteiger partial charge >= 0.3 is 0 Å². The van der Waals surface area contributed by atoms with Gasteiger partial charge in [0.15, 0.2) is 0 Å². The van der Waals surface area contributed by atoms with Gasteiger partial charge < -0.3 is 0 Å². The van der Waals surface area contributed by atoms with E-state index in [1.165, 1.54) is 22.3 Å². The molecule has 0 amide bonds. The van der Waals surface area contributed by atoms with E-state index in [0.717, 1.165) is 16.8 Å². The molecule has 0 fully saturated rings. The first kappa shape index (κ1) is 25.1. The van der Waals surface area contributed by atoms with Crippen LogP contribution in [0.3, 0.4) is 0 Å². The van der Waals surface area contributed by atoms with Crippen LogP contribution < -0.4 is 0 Å². The standard InChI is InChI=1S/C11H14.C9H11N.2C2H6/c1-8(2)11-7-5-6-9(3)10(11)4;1-7(2)9-8(3)5-4-6-10-9;2*1-2/h5-7H,1H2,2-4H3;4-6H,1H2,2-3H3;2*1-2H3. The molecule has 0 spiro atoms. The Morgan fingerprint density at radius 2 is 1.28 bits per heavy atom. The molecule has 2 rings (SSSR count). The van der Waals surface area contributed by atoms with Gasteiger partial charge in [0, 0.05) is 6.20 Å². The topological polar surface area (TPSA) is 12.9 Å². The second-order valence-corrected chi connectivity index (χ2v) is 5.48. The lowest BCUT2D eigenvalue weighted by molar-refractivity contribution is 1.21. The third-order valence-electron chi connectivity index (χ3n) is 3.48. The maximum Gasteiger partial charge on any atom is 0.0681 e. The van der Waals surface area contributed by atoms with E-state index in [-0.39, 0.29) is 0 Å². The van der Waals surface area contributed by atoms with Crippen molar-refractivity contribution in [3.8, 4) is 0 Å². The Hall–Kier alpha value is -2.15. The number of hydrogen-bond donors (Lipinski definition) is 0. The maximum atomic E-state index is 4.18. The van der Waals surface area contributed by atoms with Crippen LogP contribution in [0.2, 0.25) is 0 Å². The molecule has 1 heteroatoms. The number of rotatable bonds is 2. The Labute approximate surface area is 156 Å². The lowest BCUT2D eigenvalue weighted by atomic mass is 9.99. The zero-order valence-corrected chi connectivity index (χ0v) is 17.8. The van der Waals surface area contributed by atoms with Crippen molar-refractivity contribution in [2.75, 3.05) is 0 Å². The van der Waals surface area contributed by atoms with Crippen molar-refractivity contribution >= 4 is 11.1 Å². The van der Waals surface area contributed by atoms with Crippen LogP contribution in [0.4, 0.5) is 0 Å². The summed E-state index contributed by atoms with van der Waals surface area (Å²) in [7, 11) is 0. The van der Waals surface area contributed by atoms with Crippen molar-refractivity contribution < 1.29 is 0 Å². The molecule has 0 aliphatic heterocycles. The van der Waals surface area contributed by atoms with E-state index < -0.39 is 0 Å². The van der Waals surface area contributed by atoms with Crippen LogP contribution in [-0.4, -0.2) is 4.98 Å². The number of aryl methyl sites for hydroxylation is 2. The molecule has 0 aliphatic carbocycles. The van der Waals surface area contributed by atoms with Gasteiger partial charge in [-0.05, 0) is 68.5 Å². The molecule has 0 saturated heterocycles. The zero-order valence-electron chi connectivity index (χ0n) is 17.8. The number of aromatic nitrogens is 1. The van der Waals surface area contributed by atoms with Gasteiger partial charge in [0.05, 0.1) is 5.69 Å². The molecular weight excluding hydrogens is 302 g/mol. The van der Waals surface area contributed by atoms with Crippen molar-refractivity contribution in [3.05, 3.63) is 77.6 Å². The molecule has 0 bridgehead atoms. The van der Waals surface area contributed by atoms with Gasteiger partial charge in [-0.2, -0.15) is 0 Å². The summed E-state index contributed by atoms with van der Waals surface area (Å²) >= 11 is 0. The zero-order chi connectivity index (χ0) is 20.0. The van der Waals surface area contributed by atoms with Gasteiger partial charge in [-0.1, -0.05) is 70.7 Å². The maximum absolute atomic E-state index is 4.18. The Morgan fingerprint density at radius 1 is 0.760 bits per heavy atom. The smallest absolute Gasteiger partial charge is 0.0681 e. The highest BCUT2D eigenvalue weighted by atomic mass is 14.7. The number of pyridine rings is 1. The summed E-state index contributed by atoms with van der Waals surface area (Å²) in [6.45, 7) is 26.1. The molecule has 1 heterocycles. The van der Waals surface area contributed by atoms with Crippen molar-refractivity contribution in [1.82, 2.24) is 4.98 Å². The highest BCUT2D eigenvalue weighted by Crippen LogP contribution is 2.18. The van der Waals surface area contributed by atoms with Crippen molar-refractivity contribution in [2.45, 2.75) is 62.3 Å². The highest BCUT2D eigenvalue weighted by Gasteiger charge is 1.99. The molecule has 25 heavy (non-hydrogen) atoms. The molecule has 1 nitrogen and oxygen atoms in total. The number of benzene rings is 1. The molecule has 0 unspecified atom stereocenters. The SMILES string of the molecule is C=C(C)c1cccc(C)c1C.C=C(C)c1ncccc1C.CC.CC. The molecule has 0 atom stereocenters. The molecule has 0 saturated carbocycles. The molecular formula is C24H37N. The minimum Gasteiger partial charge on any atom is -0.256 e. The van der Waals surface area contributed by atoms with Crippen LogP contribution in [0, 0.1) is 20.8 Å². The fourth-order valence-corrected chi connectivity index (χ4v) is 2.15. The molecule has 138 valence electrons. The summed E-state index contributed by atoms with van der Waals surface area (Å²) < 4.78 is 0. The Bertz CT molecular complexity index is 651. The van der Waals surface area contributed by atoms with Crippen LogP contribution in [0.5, 0.6) is 0 Å². The molecule has 0 radical (unpaired) electrons. The largest absolute Gasteiger partial charge is 0.256 e. The van der Waals surface area contributed by atoms with Gasteiger partial charge in [-0.3, -0.25) is 4.98 Å². The normalized spacial score (nSPS) is 8.52. The monoisotopic (exact) mass is 339 g/mol. The van der Waals surface area contributed by atoms with Gasteiger partial charge in [-0.15, -0.1) is 0 Å². The Morgan fingerprint density at radius 3 is 1.64 bits per heavy atom. The first-order valence-corrected chi connectivity index (χ1v) is 9.14. The van der Waals surface area contributed by atoms with Crippen molar-refractivity contribution in [1.29, 1.82) is 0 Å². The van der Waals surface area contributed by atoms with E-state index in [1.54, 1.807) is 6.20 Å². The minimum atomic E-state index is 1.02. The molecule has 1 aromatic carbocycles. The molecule has 0 N–H and O–H groups in total. The number of allylic oxidation sites excluding steroid dienone is 2. The summed E-state index contributed by atoms with van der Waals surface area (Å²) in [5.41, 5.74) is 8.34. The van der Waals surface area contributed by atoms with Crippen LogP contribution in [0.1, 0.15) is 69.5 Å². The first-order valence-electron chi connectivity index (χ1n) is 9.14. The second kappa shape index (κ2) is 14.2. The number of hydrogen-bond acceptors (Lipinski definition) is 1. The van der Waals surface area contributed by atoms with Crippen LogP contribution >= 0.6 is 0 Å². The van der Waals surface area contributed by atoms with E-state index in [2.05, 4.69) is 50.2 Å². The third kappa shape index (κ3) is 9.05. The van der Waals surface area contributed by atoms with E-state index >= 15 is 0 Å². The predicted molar refractivity (Wildman–Crippen MR) is 117 cm³/mol. The second-order valence-electron chi connectivity index (χ2n) is 5.48.